The Labute approximate surface area is 689 Å². The third kappa shape index (κ3) is 12.4. The maximum absolute atomic E-state index is 13.2. The second-order valence-corrected chi connectivity index (χ2v) is 33.2. The van der Waals surface area contributed by atoms with Gasteiger partial charge < -0.3 is 0 Å². The highest BCUT2D eigenvalue weighted by atomic mass is 19.4. The van der Waals surface area contributed by atoms with E-state index in [-0.39, 0.29) is 5.41 Å². The Hall–Kier alpha value is -14.1. The van der Waals surface area contributed by atoms with Crippen LogP contribution in [0, 0.1) is 13.8 Å². The smallest absolute Gasteiger partial charge is 0.256 e. The molecule has 2 aliphatic carbocycles. The first-order chi connectivity index (χ1) is 58.2. The summed E-state index contributed by atoms with van der Waals surface area (Å²) in [5.74, 6) is 0. The Bertz CT molecular complexity index is 7910. The Morgan fingerprint density at radius 2 is 0.667 bits per heavy atom. The number of nitrogens with zero attached hydrogens (tertiary/aromatic N) is 2. The molecule has 0 amide bonds. The monoisotopic (exact) mass is 1560 g/mol. The fraction of sp³-hybridized carbons (Fsp3) is 0.0893. The summed E-state index contributed by atoms with van der Waals surface area (Å²) in [4.78, 5) is 9.86. The molecule has 120 heavy (non-hydrogen) atoms. The Morgan fingerprint density at radius 1 is 0.267 bits per heavy atom. The zero-order valence-electron chi connectivity index (χ0n) is 66.5. The standard InChI is InChI=1S/C50H36.C33H22N2.C29H18F6/c1-50(2,3)35-23-26-41-43(28-35)49(42-27-34-13-7-11-30-17-19-32-12-8-16-38(42)46(32)45(30)34)37-15-5-4-14-36(37)48(41)40-25-22-33-20-18-29-9-6-10-31-21-24-39(40)47(33)44(29)31;1-21-14-15-28-29(16-21)33(31-18-23-9-3-5-11-25(23)20-35-31)27-13-7-6-12-26(27)32(28)30-17-22-8-2-4-10-24(22)19-34-30;1-17-6-15-24-25(16-17)27(19-9-13-21(14-10-19)29(33,34)35)23-5-3-2-4-22(23)26(24)18-7-11-20(12-8-18)28(30,31)32/h4-9,11-19,21-28H,10,20H2,1-3H3;2-20H,1H3;2-16H,1H3. The first-order valence-corrected chi connectivity index (χ1v) is 40.8. The summed E-state index contributed by atoms with van der Waals surface area (Å²) in [7, 11) is 0. The molecule has 8 heteroatoms. The van der Waals surface area contributed by atoms with Crippen LogP contribution in [0.3, 0.4) is 0 Å². The molecule has 576 valence electrons. The summed E-state index contributed by atoms with van der Waals surface area (Å²) in [6.45, 7) is 11.1. The molecular weight excluding hydrogens is 1490 g/mol. The van der Waals surface area contributed by atoms with Crippen LogP contribution in [0.2, 0.25) is 0 Å². The van der Waals surface area contributed by atoms with E-state index >= 15 is 0 Å². The number of benzene rings is 19. The van der Waals surface area contributed by atoms with E-state index in [9.17, 15) is 26.3 Å². The van der Waals surface area contributed by atoms with E-state index in [1.165, 1.54) is 188 Å². The molecule has 23 rings (SSSR count). The molecule has 0 unspecified atom stereocenters. The highest BCUT2D eigenvalue weighted by Gasteiger charge is 2.33. The lowest BCUT2D eigenvalue weighted by molar-refractivity contribution is -0.138. The molecule has 2 aliphatic rings. The molecule has 0 saturated carbocycles. The van der Waals surface area contributed by atoms with E-state index in [0.29, 0.717) is 11.1 Å². The van der Waals surface area contributed by atoms with Crippen LogP contribution in [-0.2, 0) is 30.6 Å². The molecule has 2 aromatic heterocycles. The molecule has 2 heterocycles. The Morgan fingerprint density at radius 3 is 1.23 bits per heavy atom. The number of fused-ring (bicyclic) bond motifs is 8. The fourth-order valence-electron chi connectivity index (χ4n) is 19.3. The van der Waals surface area contributed by atoms with Gasteiger partial charge in [0, 0.05) is 34.3 Å². The van der Waals surface area contributed by atoms with Gasteiger partial charge in [0.05, 0.1) is 22.5 Å². The van der Waals surface area contributed by atoms with Crippen molar-refractivity contribution in [3.8, 4) is 67.0 Å². The lowest BCUT2D eigenvalue weighted by Gasteiger charge is -2.26. The minimum atomic E-state index is -4.44. The van der Waals surface area contributed by atoms with Crippen molar-refractivity contribution in [1.29, 1.82) is 0 Å². The molecule has 0 bridgehead atoms. The van der Waals surface area contributed by atoms with Crippen molar-refractivity contribution in [2.24, 2.45) is 0 Å². The van der Waals surface area contributed by atoms with Crippen LogP contribution >= 0.6 is 0 Å². The molecule has 0 atom stereocenters. The van der Waals surface area contributed by atoms with Gasteiger partial charge in [-0.25, -0.2) is 0 Å². The number of rotatable bonds is 6. The predicted octanol–water partition coefficient (Wildman–Crippen LogP) is 32.1. The minimum absolute atomic E-state index is 0.0110. The molecule has 0 fully saturated rings. The summed E-state index contributed by atoms with van der Waals surface area (Å²) in [6, 6.07) is 107. The number of halogens is 6. The van der Waals surface area contributed by atoms with Gasteiger partial charge in [0.25, 0.3) is 0 Å². The van der Waals surface area contributed by atoms with Crippen LogP contribution in [-0.4, -0.2) is 9.97 Å². The van der Waals surface area contributed by atoms with Gasteiger partial charge in [-0.3, -0.25) is 9.97 Å². The average molecular weight is 1560 g/mol. The average Bonchev–Trinajstić information content (AvgIpc) is 0.718. The number of aromatic nitrogens is 2. The quantitative estimate of drug-likeness (QED) is 0.0942. The molecule has 21 aromatic rings. The van der Waals surface area contributed by atoms with Crippen LogP contribution in [0.5, 0.6) is 0 Å². The van der Waals surface area contributed by atoms with Gasteiger partial charge in [-0.05, 0) is 271 Å². The Balaban J connectivity index is 0.000000114. The molecule has 0 spiro atoms. The maximum Gasteiger partial charge on any atom is 0.416 e. The first-order valence-electron chi connectivity index (χ1n) is 40.8. The molecular formula is C112H76F6N2. The van der Waals surface area contributed by atoms with Crippen molar-refractivity contribution >= 4 is 135 Å². The zero-order valence-corrected chi connectivity index (χ0v) is 66.5. The van der Waals surface area contributed by atoms with E-state index in [2.05, 4.69) is 270 Å². The first kappa shape index (κ1) is 73.5. The van der Waals surface area contributed by atoms with E-state index < -0.39 is 23.5 Å². The number of pyridine rings is 2. The molecule has 0 saturated heterocycles. The molecule has 2 nitrogen and oxygen atoms in total. The minimum Gasteiger partial charge on any atom is -0.256 e. The summed E-state index contributed by atoms with van der Waals surface area (Å²) in [5, 5.41) is 28.7. The van der Waals surface area contributed by atoms with Crippen LogP contribution in [0.15, 0.2) is 346 Å². The van der Waals surface area contributed by atoms with Crippen molar-refractivity contribution in [3.63, 3.8) is 0 Å². The number of hydrogen-bond donors (Lipinski definition) is 0. The van der Waals surface area contributed by atoms with Gasteiger partial charge in [-0.2, -0.15) is 26.3 Å². The van der Waals surface area contributed by atoms with Crippen LogP contribution in [0.4, 0.5) is 26.3 Å². The summed E-state index contributed by atoms with van der Waals surface area (Å²) < 4.78 is 78.9. The normalized spacial score (nSPS) is 12.9. The topological polar surface area (TPSA) is 25.8 Å². The predicted molar refractivity (Wildman–Crippen MR) is 491 cm³/mol. The van der Waals surface area contributed by atoms with Gasteiger partial charge in [0.15, 0.2) is 0 Å². The zero-order chi connectivity index (χ0) is 81.6. The van der Waals surface area contributed by atoms with Crippen molar-refractivity contribution in [3.05, 3.63) is 391 Å². The maximum atomic E-state index is 13.2. The largest absolute Gasteiger partial charge is 0.416 e. The van der Waals surface area contributed by atoms with E-state index in [4.69, 9.17) is 9.97 Å². The van der Waals surface area contributed by atoms with E-state index in [1.54, 1.807) is 0 Å². The lowest BCUT2D eigenvalue weighted by atomic mass is 9.77. The number of aryl methyl sites for hydroxylation is 2. The highest BCUT2D eigenvalue weighted by molar-refractivity contribution is 6.32. The summed E-state index contributed by atoms with van der Waals surface area (Å²) >= 11 is 0. The van der Waals surface area contributed by atoms with Crippen molar-refractivity contribution < 1.29 is 26.3 Å². The van der Waals surface area contributed by atoms with Crippen molar-refractivity contribution in [2.75, 3.05) is 0 Å². The van der Waals surface area contributed by atoms with E-state index in [1.807, 2.05) is 61.8 Å². The number of alkyl halides is 6. The number of hydrogen-bond acceptors (Lipinski definition) is 2. The third-order valence-corrected chi connectivity index (χ3v) is 24.9. The molecule has 0 radical (unpaired) electrons. The van der Waals surface area contributed by atoms with Gasteiger partial charge in [0.1, 0.15) is 0 Å². The molecule has 0 aliphatic heterocycles. The van der Waals surface area contributed by atoms with Crippen molar-refractivity contribution in [1.82, 2.24) is 9.97 Å². The van der Waals surface area contributed by atoms with Crippen LogP contribution in [0.1, 0.15) is 65.3 Å². The summed E-state index contributed by atoms with van der Waals surface area (Å²) in [5.41, 5.74) is 20.3. The van der Waals surface area contributed by atoms with Crippen molar-refractivity contribution in [2.45, 2.75) is 65.2 Å². The van der Waals surface area contributed by atoms with Gasteiger partial charge in [-0.15, -0.1) is 0 Å². The lowest BCUT2D eigenvalue weighted by Crippen LogP contribution is -2.10. The van der Waals surface area contributed by atoms with E-state index in [0.717, 1.165) is 97.5 Å². The second-order valence-electron chi connectivity index (χ2n) is 33.2. The van der Waals surface area contributed by atoms with Crippen LogP contribution in [0.25, 0.3) is 202 Å². The molecule has 0 N–H and O–H groups in total. The van der Waals surface area contributed by atoms with Crippen LogP contribution < -0.4 is 0 Å². The van der Waals surface area contributed by atoms with Gasteiger partial charge in [-0.1, -0.05) is 317 Å². The molecule has 19 aromatic carbocycles. The Kier molecular flexibility index (Phi) is 17.4. The highest BCUT2D eigenvalue weighted by Crippen LogP contribution is 2.53. The van der Waals surface area contributed by atoms with Gasteiger partial charge in [0.2, 0.25) is 0 Å². The fourth-order valence-corrected chi connectivity index (χ4v) is 19.3. The number of allylic oxidation sites excluding steroid dienone is 4. The second kappa shape index (κ2) is 28.3. The summed E-state index contributed by atoms with van der Waals surface area (Å²) in [6.07, 6.45) is 4.15. The third-order valence-electron chi connectivity index (χ3n) is 24.9. The van der Waals surface area contributed by atoms with Gasteiger partial charge >= 0.3 is 12.4 Å². The SMILES string of the molecule is CC(C)(C)c1ccc2c(-c3ccc4c5c6c(ccc35)CC=CC6=CC4)c3ccccc3c(-c3cc4cccc5ccc6cccc3c6c54)c2c1.Cc1ccc2c(-c3cc4ccccc4cn3)c3ccccc3c(-c3cc4ccccc4cn3)c2c1.Cc1ccc2c(-c3ccc(C(F)(F)F)cc3)c3ccccc3c(-c3ccc(C(F)(F)F)cc3)c2c1.